The Morgan fingerprint density at radius 1 is 1.29 bits per heavy atom. The Bertz CT molecular complexity index is 636. The normalized spacial score (nSPS) is 10.8. The first kappa shape index (κ1) is 15.4. The molecule has 1 heterocycles. The van der Waals surface area contributed by atoms with Crippen LogP contribution >= 0.6 is 11.6 Å². The minimum absolute atomic E-state index is 0.0855. The number of anilines is 1. The van der Waals surface area contributed by atoms with Gasteiger partial charge in [0.2, 0.25) is 5.95 Å². The predicted molar refractivity (Wildman–Crippen MR) is 80.2 cm³/mol. The molecule has 5 nitrogen and oxygen atoms in total. The molecule has 2 rings (SSSR count). The van der Waals surface area contributed by atoms with Crippen molar-refractivity contribution in [3.8, 4) is 17.4 Å². The van der Waals surface area contributed by atoms with Crippen molar-refractivity contribution in [1.82, 2.24) is 15.0 Å². The van der Waals surface area contributed by atoms with Crippen molar-refractivity contribution < 1.29 is 9.13 Å². The molecule has 21 heavy (non-hydrogen) atoms. The summed E-state index contributed by atoms with van der Waals surface area (Å²) in [5, 5.41) is 3.35. The fraction of sp³-hybridized carbons (Fsp3) is 0.357. The van der Waals surface area contributed by atoms with Crippen molar-refractivity contribution in [2.75, 3.05) is 11.9 Å². The Balaban J connectivity index is 2.50. The molecule has 0 radical (unpaired) electrons. The molecular formula is C14H16ClFN4O. The highest BCUT2D eigenvalue weighted by molar-refractivity contribution is 6.33. The van der Waals surface area contributed by atoms with Gasteiger partial charge in [0, 0.05) is 12.1 Å². The third kappa shape index (κ3) is 4.01. The monoisotopic (exact) mass is 310 g/mol. The van der Waals surface area contributed by atoms with Crippen LogP contribution in [0.3, 0.4) is 0 Å². The van der Waals surface area contributed by atoms with Crippen molar-refractivity contribution in [2.24, 2.45) is 0 Å². The van der Waals surface area contributed by atoms with E-state index in [2.05, 4.69) is 20.3 Å². The van der Waals surface area contributed by atoms with Crippen molar-refractivity contribution in [3.63, 3.8) is 0 Å². The summed E-state index contributed by atoms with van der Waals surface area (Å²) in [6.45, 7) is 6.29. The first-order chi connectivity index (χ1) is 9.99. The summed E-state index contributed by atoms with van der Waals surface area (Å²) >= 11 is 6.09. The molecule has 1 aromatic heterocycles. The number of halogens is 2. The molecule has 0 unspecified atom stereocenters. The van der Waals surface area contributed by atoms with Crippen LogP contribution in [0.2, 0.25) is 5.02 Å². The number of hydrogen-bond acceptors (Lipinski definition) is 5. The average molecular weight is 311 g/mol. The van der Waals surface area contributed by atoms with E-state index in [0.717, 1.165) is 0 Å². The maximum atomic E-state index is 13.4. The van der Waals surface area contributed by atoms with Gasteiger partial charge in [-0.25, -0.2) is 4.39 Å². The zero-order chi connectivity index (χ0) is 15.4. The molecule has 0 bridgehead atoms. The molecule has 1 aromatic carbocycles. The van der Waals surface area contributed by atoms with Crippen molar-refractivity contribution in [3.05, 3.63) is 29.0 Å². The van der Waals surface area contributed by atoms with E-state index in [9.17, 15) is 4.39 Å². The van der Waals surface area contributed by atoms with Gasteiger partial charge in [-0.1, -0.05) is 11.6 Å². The Kier molecular flexibility index (Phi) is 4.90. The summed E-state index contributed by atoms with van der Waals surface area (Å²) in [7, 11) is 0. The van der Waals surface area contributed by atoms with Crippen molar-refractivity contribution in [1.29, 1.82) is 0 Å². The van der Waals surface area contributed by atoms with Crippen LogP contribution in [0, 0.1) is 5.82 Å². The van der Waals surface area contributed by atoms with Crippen LogP contribution in [0.4, 0.5) is 10.3 Å². The van der Waals surface area contributed by atoms with Gasteiger partial charge < -0.3 is 10.1 Å². The first-order valence-corrected chi connectivity index (χ1v) is 6.99. The molecule has 0 atom stereocenters. The van der Waals surface area contributed by atoms with Crippen LogP contribution in [-0.4, -0.2) is 27.6 Å². The summed E-state index contributed by atoms with van der Waals surface area (Å²) in [5.74, 6) is 0.214. The molecule has 2 aromatic rings. The molecule has 0 spiro atoms. The number of ether oxygens (including phenoxy) is 1. The lowest BCUT2D eigenvalue weighted by molar-refractivity contribution is 0.222. The topological polar surface area (TPSA) is 59.9 Å². The maximum Gasteiger partial charge on any atom is 0.322 e. The lowest BCUT2D eigenvalue weighted by Gasteiger charge is -2.11. The maximum absolute atomic E-state index is 13.4. The van der Waals surface area contributed by atoms with Crippen molar-refractivity contribution >= 4 is 17.5 Å². The van der Waals surface area contributed by atoms with Crippen LogP contribution in [0.15, 0.2) is 18.2 Å². The molecule has 0 aliphatic carbocycles. The molecule has 0 saturated heterocycles. The largest absolute Gasteiger partial charge is 0.461 e. The van der Waals surface area contributed by atoms with Gasteiger partial charge in [0.1, 0.15) is 5.82 Å². The summed E-state index contributed by atoms with van der Waals surface area (Å²) in [4.78, 5) is 12.6. The number of aromatic nitrogens is 3. The van der Waals surface area contributed by atoms with Crippen LogP contribution in [0.25, 0.3) is 11.4 Å². The highest BCUT2D eigenvalue weighted by atomic mass is 35.5. The Hall–Kier alpha value is -1.95. The predicted octanol–water partition coefficient (Wildman–Crippen LogP) is 3.55. The van der Waals surface area contributed by atoms with E-state index in [-0.39, 0.29) is 17.9 Å². The zero-order valence-electron chi connectivity index (χ0n) is 12.0. The fourth-order valence-electron chi connectivity index (χ4n) is 1.65. The molecule has 0 saturated carbocycles. The van der Waals surface area contributed by atoms with Crippen molar-refractivity contribution in [2.45, 2.75) is 26.9 Å². The van der Waals surface area contributed by atoms with Gasteiger partial charge in [-0.15, -0.1) is 0 Å². The molecule has 112 valence electrons. The Morgan fingerprint density at radius 3 is 2.71 bits per heavy atom. The zero-order valence-corrected chi connectivity index (χ0v) is 12.8. The van der Waals surface area contributed by atoms with E-state index in [1.165, 1.54) is 18.2 Å². The summed E-state index contributed by atoms with van der Waals surface area (Å²) in [6.07, 6.45) is -0.0855. The smallest absolute Gasteiger partial charge is 0.322 e. The first-order valence-electron chi connectivity index (χ1n) is 6.61. The minimum Gasteiger partial charge on any atom is -0.461 e. The standard InChI is InChI=1S/C14H16ClFN4O/c1-4-17-13-18-12(19-14(20-13)21-8(2)3)10-7-9(16)5-6-11(10)15/h5-8H,4H2,1-3H3,(H,17,18,19,20). The average Bonchev–Trinajstić information content (AvgIpc) is 2.41. The molecule has 0 fully saturated rings. The van der Waals surface area contributed by atoms with Gasteiger partial charge in [0.25, 0.3) is 0 Å². The van der Waals surface area contributed by atoms with Gasteiger partial charge >= 0.3 is 6.01 Å². The van der Waals surface area contributed by atoms with E-state index >= 15 is 0 Å². The third-order valence-corrected chi connectivity index (χ3v) is 2.79. The quantitative estimate of drug-likeness (QED) is 0.915. The van der Waals surface area contributed by atoms with E-state index < -0.39 is 5.82 Å². The lowest BCUT2D eigenvalue weighted by Crippen LogP contribution is -2.12. The minimum atomic E-state index is -0.411. The third-order valence-electron chi connectivity index (χ3n) is 2.46. The number of hydrogen-bond donors (Lipinski definition) is 1. The van der Waals surface area contributed by atoms with Gasteiger partial charge in [-0.3, -0.25) is 0 Å². The van der Waals surface area contributed by atoms with Gasteiger partial charge in [-0.2, -0.15) is 15.0 Å². The molecule has 1 N–H and O–H groups in total. The van der Waals surface area contributed by atoms with Crippen LogP contribution in [0.1, 0.15) is 20.8 Å². The summed E-state index contributed by atoms with van der Waals surface area (Å²) in [6, 6.07) is 4.20. The van der Waals surface area contributed by atoms with E-state index in [1.807, 2.05) is 20.8 Å². The number of benzene rings is 1. The molecule has 7 heteroatoms. The van der Waals surface area contributed by atoms with Crippen LogP contribution in [0.5, 0.6) is 6.01 Å². The molecule has 0 aliphatic heterocycles. The lowest BCUT2D eigenvalue weighted by atomic mass is 10.2. The van der Waals surface area contributed by atoms with Crippen LogP contribution < -0.4 is 10.1 Å². The summed E-state index contributed by atoms with van der Waals surface area (Å²) < 4.78 is 18.9. The van der Waals surface area contributed by atoms with E-state index in [4.69, 9.17) is 16.3 Å². The Morgan fingerprint density at radius 2 is 2.05 bits per heavy atom. The number of nitrogens with one attached hydrogen (secondary N) is 1. The highest BCUT2D eigenvalue weighted by Gasteiger charge is 2.13. The fourth-order valence-corrected chi connectivity index (χ4v) is 1.85. The molecule has 0 aliphatic rings. The SMILES string of the molecule is CCNc1nc(OC(C)C)nc(-c2cc(F)ccc2Cl)n1. The van der Waals surface area contributed by atoms with E-state index in [1.54, 1.807) is 0 Å². The Labute approximate surface area is 127 Å². The second-order valence-electron chi connectivity index (χ2n) is 4.59. The molecular weight excluding hydrogens is 295 g/mol. The van der Waals surface area contributed by atoms with Gasteiger partial charge in [-0.05, 0) is 39.0 Å². The second-order valence-corrected chi connectivity index (χ2v) is 4.99. The van der Waals surface area contributed by atoms with Gasteiger partial charge in [0.05, 0.1) is 11.1 Å². The van der Waals surface area contributed by atoms with Gasteiger partial charge in [0.15, 0.2) is 5.82 Å². The molecule has 0 amide bonds. The number of nitrogens with zero attached hydrogens (tertiary/aromatic N) is 3. The second kappa shape index (κ2) is 6.67. The van der Waals surface area contributed by atoms with E-state index in [0.29, 0.717) is 23.1 Å². The summed E-state index contributed by atoms with van der Waals surface area (Å²) in [5.41, 5.74) is 0.395. The number of rotatable bonds is 5. The van der Waals surface area contributed by atoms with Crippen LogP contribution in [-0.2, 0) is 0 Å². The highest BCUT2D eigenvalue weighted by Crippen LogP contribution is 2.27.